The van der Waals surface area contributed by atoms with Gasteiger partial charge < -0.3 is 10.6 Å². The first-order chi connectivity index (χ1) is 9.63. The molecule has 0 aliphatic rings. The first-order valence-corrected chi connectivity index (χ1v) is 6.16. The van der Waals surface area contributed by atoms with Crippen molar-refractivity contribution in [1.82, 2.24) is 4.98 Å². The topological polar surface area (TPSA) is 77.8 Å². The van der Waals surface area contributed by atoms with E-state index in [1.165, 1.54) is 12.3 Å². The predicted octanol–water partition coefficient (Wildman–Crippen LogP) is 2.90. The van der Waals surface area contributed by atoms with Gasteiger partial charge in [-0.15, -0.1) is 0 Å². The fourth-order valence-corrected chi connectivity index (χ4v) is 1.79. The lowest BCUT2D eigenvalue weighted by Gasteiger charge is -2.08. The summed E-state index contributed by atoms with van der Waals surface area (Å²) < 4.78 is 0. The number of aromatic nitrogens is 1. The highest BCUT2D eigenvalue weighted by Gasteiger charge is 2.11. The monoisotopic (exact) mass is 286 g/mol. The van der Waals surface area contributed by atoms with Crippen molar-refractivity contribution in [2.24, 2.45) is 0 Å². The zero-order valence-electron chi connectivity index (χ0n) is 10.6. The molecule has 0 radical (unpaired) electrons. The van der Waals surface area contributed by atoms with Crippen molar-refractivity contribution in [2.45, 2.75) is 0 Å². The van der Waals surface area contributed by atoms with E-state index in [9.17, 15) is 4.79 Å². The van der Waals surface area contributed by atoms with Gasteiger partial charge in [0, 0.05) is 24.0 Å². The number of hydrogen-bond acceptors (Lipinski definition) is 4. The summed E-state index contributed by atoms with van der Waals surface area (Å²) in [5.74, 6) is -0.402. The lowest BCUT2D eigenvalue weighted by molar-refractivity contribution is 0.102. The second-order valence-corrected chi connectivity index (χ2v) is 4.37. The summed E-state index contributed by atoms with van der Waals surface area (Å²) >= 11 is 5.86. The van der Waals surface area contributed by atoms with Crippen LogP contribution >= 0.6 is 11.6 Å². The fraction of sp³-hybridized carbons (Fsp3) is 0.0714. The van der Waals surface area contributed by atoms with Crippen molar-refractivity contribution < 1.29 is 4.79 Å². The molecule has 0 fully saturated rings. The Kier molecular flexibility index (Phi) is 4.18. The summed E-state index contributed by atoms with van der Waals surface area (Å²) in [5, 5.41) is 15.0. The average molecular weight is 287 g/mol. The van der Waals surface area contributed by atoms with Crippen LogP contribution in [0.5, 0.6) is 0 Å². The second kappa shape index (κ2) is 6.04. The summed E-state index contributed by atoms with van der Waals surface area (Å²) in [6.07, 6.45) is 1.53. The van der Waals surface area contributed by atoms with Gasteiger partial charge in [0.05, 0.1) is 11.3 Å². The molecule has 1 amide bonds. The minimum Gasteiger partial charge on any atom is -0.388 e. The van der Waals surface area contributed by atoms with Crippen molar-refractivity contribution in [3.05, 3.63) is 52.8 Å². The summed E-state index contributed by atoms with van der Waals surface area (Å²) in [6, 6.07) is 10.0. The Labute approximate surface area is 121 Å². The fourth-order valence-electron chi connectivity index (χ4n) is 1.61. The lowest BCUT2D eigenvalue weighted by atomic mass is 10.2. The third kappa shape index (κ3) is 3.05. The molecular weight excluding hydrogens is 276 g/mol. The van der Waals surface area contributed by atoms with Crippen molar-refractivity contribution in [1.29, 1.82) is 5.26 Å². The smallest absolute Gasteiger partial charge is 0.274 e. The molecule has 6 heteroatoms. The van der Waals surface area contributed by atoms with E-state index < -0.39 is 5.91 Å². The Hall–Kier alpha value is -2.58. The SMILES string of the molecule is CNc1ccnc(C(=O)Nc2cc(Cl)ccc2C#N)c1. The number of carbonyl (C=O) groups excluding carboxylic acids is 1. The van der Waals surface area contributed by atoms with Crippen LogP contribution in [0.4, 0.5) is 11.4 Å². The molecule has 100 valence electrons. The van der Waals surface area contributed by atoms with Gasteiger partial charge in [0.1, 0.15) is 11.8 Å². The minimum atomic E-state index is -0.402. The van der Waals surface area contributed by atoms with Crippen LogP contribution in [-0.4, -0.2) is 17.9 Å². The molecule has 1 aromatic carbocycles. The average Bonchev–Trinajstić information content (AvgIpc) is 2.47. The molecule has 2 rings (SSSR count). The third-order valence-corrected chi connectivity index (χ3v) is 2.87. The number of amides is 1. The summed E-state index contributed by atoms with van der Waals surface area (Å²) in [5.41, 5.74) is 1.73. The summed E-state index contributed by atoms with van der Waals surface area (Å²) in [6.45, 7) is 0. The highest BCUT2D eigenvalue weighted by atomic mass is 35.5. The molecule has 0 unspecified atom stereocenters. The van der Waals surface area contributed by atoms with Gasteiger partial charge in [-0.05, 0) is 30.3 Å². The van der Waals surface area contributed by atoms with E-state index in [1.807, 2.05) is 6.07 Å². The van der Waals surface area contributed by atoms with Gasteiger partial charge in [-0.25, -0.2) is 0 Å². The molecule has 0 saturated heterocycles. The Bertz CT molecular complexity index is 694. The van der Waals surface area contributed by atoms with Crippen molar-refractivity contribution in [2.75, 3.05) is 17.7 Å². The number of rotatable bonds is 3. The number of nitrogens with zero attached hydrogens (tertiary/aromatic N) is 2. The van der Waals surface area contributed by atoms with Crippen LogP contribution in [-0.2, 0) is 0 Å². The van der Waals surface area contributed by atoms with Crippen molar-refractivity contribution in [3.63, 3.8) is 0 Å². The van der Waals surface area contributed by atoms with Crippen LogP contribution in [0.25, 0.3) is 0 Å². The Morgan fingerprint density at radius 1 is 1.35 bits per heavy atom. The number of anilines is 2. The van der Waals surface area contributed by atoms with E-state index in [2.05, 4.69) is 15.6 Å². The van der Waals surface area contributed by atoms with Gasteiger partial charge in [-0.1, -0.05) is 11.6 Å². The summed E-state index contributed by atoms with van der Waals surface area (Å²) in [7, 11) is 1.75. The van der Waals surface area contributed by atoms with Gasteiger partial charge >= 0.3 is 0 Å². The molecule has 1 heterocycles. The van der Waals surface area contributed by atoms with E-state index in [-0.39, 0.29) is 5.69 Å². The normalized spacial score (nSPS) is 9.65. The number of benzene rings is 1. The number of hydrogen-bond donors (Lipinski definition) is 2. The molecule has 0 atom stereocenters. The molecule has 2 N–H and O–H groups in total. The molecular formula is C14H11ClN4O. The second-order valence-electron chi connectivity index (χ2n) is 3.94. The van der Waals surface area contributed by atoms with Gasteiger partial charge in [0.15, 0.2) is 0 Å². The predicted molar refractivity (Wildman–Crippen MR) is 77.9 cm³/mol. The molecule has 0 spiro atoms. The molecule has 2 aromatic rings. The number of carbonyl (C=O) groups is 1. The van der Waals surface area contributed by atoms with Crippen LogP contribution < -0.4 is 10.6 Å². The summed E-state index contributed by atoms with van der Waals surface area (Å²) in [4.78, 5) is 16.1. The Morgan fingerprint density at radius 2 is 2.15 bits per heavy atom. The van der Waals surface area contributed by atoms with Crippen LogP contribution in [0.1, 0.15) is 16.1 Å². The molecule has 5 nitrogen and oxygen atoms in total. The van der Waals surface area contributed by atoms with E-state index >= 15 is 0 Å². The Morgan fingerprint density at radius 3 is 2.85 bits per heavy atom. The van der Waals surface area contributed by atoms with Gasteiger partial charge in [-0.3, -0.25) is 9.78 Å². The van der Waals surface area contributed by atoms with Gasteiger partial charge in [0.2, 0.25) is 0 Å². The number of halogens is 1. The number of nitrogens with one attached hydrogen (secondary N) is 2. The molecule has 0 bridgehead atoms. The molecule has 0 aliphatic heterocycles. The maximum atomic E-state index is 12.1. The van der Waals surface area contributed by atoms with Gasteiger partial charge in [-0.2, -0.15) is 5.26 Å². The van der Waals surface area contributed by atoms with Crippen LogP contribution in [0, 0.1) is 11.3 Å². The molecule has 0 aliphatic carbocycles. The van der Waals surface area contributed by atoms with Crippen LogP contribution in [0.2, 0.25) is 5.02 Å². The van der Waals surface area contributed by atoms with Crippen LogP contribution in [0.3, 0.4) is 0 Å². The first kappa shape index (κ1) is 13.8. The Balaban J connectivity index is 2.28. The zero-order valence-corrected chi connectivity index (χ0v) is 11.4. The molecule has 0 saturated carbocycles. The first-order valence-electron chi connectivity index (χ1n) is 5.79. The van der Waals surface area contributed by atoms with Crippen LogP contribution in [0.15, 0.2) is 36.5 Å². The third-order valence-electron chi connectivity index (χ3n) is 2.63. The van der Waals surface area contributed by atoms with Gasteiger partial charge in [0.25, 0.3) is 5.91 Å². The molecule has 1 aromatic heterocycles. The maximum Gasteiger partial charge on any atom is 0.274 e. The van der Waals surface area contributed by atoms with E-state index in [4.69, 9.17) is 16.9 Å². The highest BCUT2D eigenvalue weighted by Crippen LogP contribution is 2.21. The number of pyridine rings is 1. The molecule has 20 heavy (non-hydrogen) atoms. The van der Waals surface area contributed by atoms with E-state index in [0.29, 0.717) is 16.3 Å². The highest BCUT2D eigenvalue weighted by molar-refractivity contribution is 6.31. The quantitative estimate of drug-likeness (QED) is 0.909. The number of nitriles is 1. The maximum absolute atomic E-state index is 12.1. The van der Waals surface area contributed by atoms with E-state index in [1.54, 1.807) is 31.3 Å². The van der Waals surface area contributed by atoms with Crippen molar-refractivity contribution >= 4 is 28.9 Å². The standard InChI is InChI=1S/C14H11ClN4O/c1-17-11-4-5-18-13(7-11)14(20)19-12-6-10(15)3-2-9(12)8-16/h2-7H,1H3,(H,17,18)(H,19,20). The zero-order chi connectivity index (χ0) is 14.5. The minimum absolute atomic E-state index is 0.251. The van der Waals surface area contributed by atoms with E-state index in [0.717, 1.165) is 5.69 Å². The van der Waals surface area contributed by atoms with Crippen molar-refractivity contribution in [3.8, 4) is 6.07 Å². The lowest BCUT2D eigenvalue weighted by Crippen LogP contribution is -2.14. The largest absolute Gasteiger partial charge is 0.388 e.